The van der Waals surface area contributed by atoms with E-state index < -0.39 is 0 Å². The Labute approximate surface area is 184 Å². The summed E-state index contributed by atoms with van der Waals surface area (Å²) in [4.78, 5) is 8.96. The Bertz CT molecular complexity index is 857. The van der Waals surface area contributed by atoms with Crippen LogP contribution in [0.2, 0.25) is 0 Å². The molecule has 0 aliphatic rings. The van der Waals surface area contributed by atoms with Gasteiger partial charge in [0.05, 0.1) is 19.6 Å². The Morgan fingerprint density at radius 1 is 1.30 bits per heavy atom. The predicted molar refractivity (Wildman–Crippen MR) is 126 cm³/mol. The normalized spacial score (nSPS) is 11.7. The molecule has 3 N–H and O–H groups in total. The summed E-state index contributed by atoms with van der Waals surface area (Å²) in [6.07, 6.45) is 7.62. The molecule has 0 fully saturated rings. The van der Waals surface area contributed by atoms with Gasteiger partial charge in [0.1, 0.15) is 11.6 Å². The van der Waals surface area contributed by atoms with Crippen LogP contribution < -0.4 is 15.8 Å². The first kappa shape index (κ1) is 23.8. The number of methoxy groups -OCH3 is 1. The topological polar surface area (TPSA) is 96.9 Å². The number of nitrogens with two attached hydrogens (primary N) is 1. The van der Waals surface area contributed by atoms with E-state index in [0.717, 1.165) is 59.0 Å². The molecule has 1 atom stereocenters. The number of rotatable bonds is 12. The highest BCUT2D eigenvalue weighted by Gasteiger charge is 2.17. The van der Waals surface area contributed by atoms with Crippen molar-refractivity contribution in [2.75, 3.05) is 30.2 Å². The maximum atomic E-state index is 9.06. The van der Waals surface area contributed by atoms with Crippen LogP contribution in [0.15, 0.2) is 18.2 Å². The molecule has 30 heavy (non-hydrogen) atoms. The molecule has 0 saturated heterocycles. The molecule has 162 valence electrons. The van der Waals surface area contributed by atoms with Crippen LogP contribution in [0.5, 0.6) is 5.75 Å². The Morgan fingerprint density at radius 3 is 2.77 bits per heavy atom. The molecule has 0 unspecified atom stereocenters. The standard InChI is InChI=1S/C23H33N5OS/c1-5-6-7-19(11-13-30-4)27-22-20(16(2)26-23(25)28-22)15-18-14-17(10-12-24)8-9-21(18)29-3/h8-9,14,19H,5-7,10-11,13,15H2,1-4H3,(H3,25,26,27,28)/t19-/m0/s1. The van der Waals surface area contributed by atoms with Crippen LogP contribution in [0, 0.1) is 18.3 Å². The van der Waals surface area contributed by atoms with E-state index >= 15 is 0 Å². The lowest BCUT2D eigenvalue weighted by molar-refractivity contribution is 0.410. The number of aromatic nitrogens is 2. The van der Waals surface area contributed by atoms with E-state index in [0.29, 0.717) is 18.9 Å². The van der Waals surface area contributed by atoms with Crippen LogP contribution >= 0.6 is 11.8 Å². The van der Waals surface area contributed by atoms with Gasteiger partial charge in [0.2, 0.25) is 5.95 Å². The molecule has 7 heteroatoms. The lowest BCUT2D eigenvalue weighted by Gasteiger charge is -2.22. The minimum absolute atomic E-state index is 0.281. The van der Waals surface area contributed by atoms with Crippen LogP contribution in [-0.4, -0.2) is 35.1 Å². The molecule has 0 radical (unpaired) electrons. The van der Waals surface area contributed by atoms with Crippen LogP contribution in [0.4, 0.5) is 11.8 Å². The molecule has 1 aromatic carbocycles. The average molecular weight is 428 g/mol. The SMILES string of the molecule is CCCC[C@@H](CCSC)Nc1nc(N)nc(C)c1Cc1cc(CC#N)ccc1OC. The first-order valence-electron chi connectivity index (χ1n) is 10.4. The van der Waals surface area contributed by atoms with Gasteiger partial charge in [-0.3, -0.25) is 0 Å². The van der Waals surface area contributed by atoms with E-state index in [1.54, 1.807) is 7.11 Å². The summed E-state index contributed by atoms with van der Waals surface area (Å²) in [6.45, 7) is 4.18. The Hall–Kier alpha value is -2.46. The minimum Gasteiger partial charge on any atom is -0.496 e. The van der Waals surface area contributed by atoms with Gasteiger partial charge in [-0.25, -0.2) is 4.98 Å². The Morgan fingerprint density at radius 2 is 2.10 bits per heavy atom. The highest BCUT2D eigenvalue weighted by atomic mass is 32.2. The van der Waals surface area contributed by atoms with Crippen LogP contribution in [0.1, 0.15) is 55.0 Å². The number of nitrogens with zero attached hydrogens (tertiary/aromatic N) is 3. The summed E-state index contributed by atoms with van der Waals surface area (Å²) in [5.41, 5.74) is 9.85. The van der Waals surface area contributed by atoms with E-state index in [4.69, 9.17) is 15.7 Å². The number of nitrogen functional groups attached to an aromatic ring is 1. The quantitative estimate of drug-likeness (QED) is 0.504. The minimum atomic E-state index is 0.281. The van der Waals surface area contributed by atoms with Crippen LogP contribution in [0.3, 0.4) is 0 Å². The number of nitriles is 1. The van der Waals surface area contributed by atoms with Gasteiger partial charge in [-0.05, 0) is 49.0 Å². The van der Waals surface area contributed by atoms with Gasteiger partial charge in [-0.2, -0.15) is 22.0 Å². The molecular weight excluding hydrogens is 394 g/mol. The first-order chi connectivity index (χ1) is 14.5. The molecule has 0 amide bonds. The molecule has 0 saturated carbocycles. The lowest BCUT2D eigenvalue weighted by atomic mass is 9.99. The van der Waals surface area contributed by atoms with E-state index in [1.807, 2.05) is 36.9 Å². The van der Waals surface area contributed by atoms with E-state index in [-0.39, 0.29) is 5.95 Å². The monoisotopic (exact) mass is 427 g/mol. The van der Waals surface area contributed by atoms with Crippen molar-refractivity contribution < 1.29 is 4.74 Å². The molecule has 0 spiro atoms. The summed E-state index contributed by atoms with van der Waals surface area (Å²) < 4.78 is 5.57. The molecule has 0 aliphatic heterocycles. The van der Waals surface area contributed by atoms with Gasteiger partial charge in [0.15, 0.2) is 0 Å². The number of hydrogen-bond acceptors (Lipinski definition) is 7. The summed E-state index contributed by atoms with van der Waals surface area (Å²) in [5.74, 6) is 2.97. The molecule has 2 aromatic rings. The summed E-state index contributed by atoms with van der Waals surface area (Å²) in [5, 5.41) is 12.7. The number of unbranched alkanes of at least 4 members (excludes halogenated alkanes) is 1. The molecule has 6 nitrogen and oxygen atoms in total. The van der Waals surface area contributed by atoms with Crippen molar-refractivity contribution in [1.82, 2.24) is 9.97 Å². The zero-order chi connectivity index (χ0) is 21.9. The maximum Gasteiger partial charge on any atom is 0.222 e. The third-order valence-electron chi connectivity index (χ3n) is 5.14. The second-order valence-electron chi connectivity index (χ2n) is 7.42. The van der Waals surface area contributed by atoms with Crippen molar-refractivity contribution in [1.29, 1.82) is 5.26 Å². The number of ether oxygens (including phenoxy) is 1. The van der Waals surface area contributed by atoms with Crippen molar-refractivity contribution in [2.24, 2.45) is 0 Å². The third kappa shape index (κ3) is 6.81. The highest BCUT2D eigenvalue weighted by molar-refractivity contribution is 7.98. The lowest BCUT2D eigenvalue weighted by Crippen LogP contribution is -2.23. The molecule has 0 bridgehead atoms. The second-order valence-corrected chi connectivity index (χ2v) is 8.40. The van der Waals surface area contributed by atoms with Crippen LogP contribution in [-0.2, 0) is 12.8 Å². The summed E-state index contributed by atoms with van der Waals surface area (Å²) >= 11 is 1.86. The number of anilines is 2. The van der Waals surface area contributed by atoms with Gasteiger partial charge in [0, 0.05) is 23.7 Å². The van der Waals surface area contributed by atoms with Crippen molar-refractivity contribution in [3.8, 4) is 11.8 Å². The van der Waals surface area contributed by atoms with Gasteiger partial charge in [-0.15, -0.1) is 0 Å². The van der Waals surface area contributed by atoms with Gasteiger partial charge in [-0.1, -0.05) is 31.9 Å². The van der Waals surface area contributed by atoms with Crippen LogP contribution in [0.25, 0.3) is 0 Å². The third-order valence-corrected chi connectivity index (χ3v) is 5.79. The van der Waals surface area contributed by atoms with E-state index in [2.05, 4.69) is 34.5 Å². The number of benzene rings is 1. The highest BCUT2D eigenvalue weighted by Crippen LogP contribution is 2.28. The largest absolute Gasteiger partial charge is 0.496 e. The smallest absolute Gasteiger partial charge is 0.222 e. The summed E-state index contributed by atoms with van der Waals surface area (Å²) in [6, 6.07) is 8.44. The van der Waals surface area contributed by atoms with Crippen molar-refractivity contribution in [3.05, 3.63) is 40.6 Å². The zero-order valence-corrected chi connectivity index (χ0v) is 19.3. The number of hydrogen-bond donors (Lipinski definition) is 2. The van der Waals surface area contributed by atoms with E-state index in [1.165, 1.54) is 6.42 Å². The fourth-order valence-corrected chi connectivity index (χ4v) is 4.02. The fourth-order valence-electron chi connectivity index (χ4n) is 3.50. The van der Waals surface area contributed by atoms with Crippen molar-refractivity contribution in [2.45, 2.75) is 58.4 Å². The average Bonchev–Trinajstić information content (AvgIpc) is 2.72. The Kier molecular flexibility index (Phi) is 9.75. The molecule has 0 aliphatic carbocycles. The fraction of sp³-hybridized carbons (Fsp3) is 0.522. The molecule has 2 rings (SSSR count). The van der Waals surface area contributed by atoms with E-state index in [9.17, 15) is 0 Å². The molecular formula is C23H33N5OS. The van der Waals surface area contributed by atoms with Crippen molar-refractivity contribution in [3.63, 3.8) is 0 Å². The molecule has 1 heterocycles. The first-order valence-corrected chi connectivity index (χ1v) is 11.8. The van der Waals surface area contributed by atoms with Gasteiger partial charge < -0.3 is 15.8 Å². The summed E-state index contributed by atoms with van der Waals surface area (Å²) in [7, 11) is 1.66. The number of thioether (sulfide) groups is 1. The predicted octanol–water partition coefficient (Wildman–Crippen LogP) is 4.76. The number of aryl methyl sites for hydroxylation is 1. The Balaban J connectivity index is 2.38. The second kappa shape index (κ2) is 12.3. The van der Waals surface area contributed by atoms with Gasteiger partial charge >= 0.3 is 0 Å². The maximum absolute atomic E-state index is 9.06. The zero-order valence-electron chi connectivity index (χ0n) is 18.5. The number of nitrogens with one attached hydrogen (secondary N) is 1. The van der Waals surface area contributed by atoms with Crippen molar-refractivity contribution >= 4 is 23.5 Å². The van der Waals surface area contributed by atoms with Gasteiger partial charge in [0.25, 0.3) is 0 Å². The molecule has 1 aromatic heterocycles.